The third-order valence-corrected chi connectivity index (χ3v) is 4.07. The molecule has 0 unspecified atom stereocenters. The minimum atomic E-state index is -0.901. The quantitative estimate of drug-likeness (QED) is 0.764. The summed E-state index contributed by atoms with van der Waals surface area (Å²) in [6, 6.07) is 11.4. The highest BCUT2D eigenvalue weighted by atomic mass is 16.4. The van der Waals surface area contributed by atoms with Crippen molar-refractivity contribution in [3.63, 3.8) is 0 Å². The number of fused-ring (bicyclic) bond motifs is 3. The smallest absolute Gasteiger partial charge is 0.335 e. The molecule has 2 N–H and O–H groups in total. The van der Waals surface area contributed by atoms with E-state index in [1.807, 2.05) is 30.4 Å². The molecule has 2 aromatic rings. The predicted molar refractivity (Wildman–Crippen MR) is 88.9 cm³/mol. The molecule has 0 atom stereocenters. The monoisotopic (exact) mass is 303 g/mol. The molecule has 0 bridgehead atoms. The summed E-state index contributed by atoms with van der Waals surface area (Å²) in [5.74, 6) is -0.901. The maximum Gasteiger partial charge on any atom is 0.335 e. The van der Waals surface area contributed by atoms with Crippen LogP contribution >= 0.6 is 0 Å². The van der Waals surface area contributed by atoms with E-state index < -0.39 is 5.97 Å². The van der Waals surface area contributed by atoms with Crippen LogP contribution in [0.15, 0.2) is 58.8 Å². The number of allylic oxidation sites excluding steroid dienone is 2. The van der Waals surface area contributed by atoms with E-state index in [9.17, 15) is 4.79 Å². The van der Waals surface area contributed by atoms with E-state index in [1.165, 1.54) is 5.56 Å². The summed E-state index contributed by atoms with van der Waals surface area (Å²) < 4.78 is 0. The Kier molecular flexibility index (Phi) is 3.05. The van der Waals surface area contributed by atoms with Crippen LogP contribution in [-0.2, 0) is 6.42 Å². The Labute approximate surface area is 132 Å². The van der Waals surface area contributed by atoms with Crippen molar-refractivity contribution in [2.75, 3.05) is 0 Å². The Balaban J connectivity index is 1.76. The molecule has 0 spiro atoms. The van der Waals surface area contributed by atoms with Crippen LogP contribution in [0, 0.1) is 0 Å². The highest BCUT2D eigenvalue weighted by Gasteiger charge is 2.20. The largest absolute Gasteiger partial charge is 0.478 e. The van der Waals surface area contributed by atoms with Crippen LogP contribution in [0.5, 0.6) is 0 Å². The number of hydrogen-bond acceptors (Lipinski definition) is 4. The number of carboxylic acids is 1. The molecule has 5 nitrogen and oxygen atoms in total. The number of aromatic carboxylic acids is 1. The van der Waals surface area contributed by atoms with Crippen molar-refractivity contribution in [3.05, 3.63) is 70.8 Å². The molecule has 0 fully saturated rings. The molecule has 0 saturated carbocycles. The van der Waals surface area contributed by atoms with Crippen molar-refractivity contribution in [3.8, 4) is 11.1 Å². The van der Waals surface area contributed by atoms with Gasteiger partial charge in [0.25, 0.3) is 0 Å². The Morgan fingerprint density at radius 1 is 1.09 bits per heavy atom. The molecule has 23 heavy (non-hydrogen) atoms. The van der Waals surface area contributed by atoms with Gasteiger partial charge in [-0.1, -0.05) is 18.2 Å². The number of carboxylic acid groups (broad SMARTS) is 1. The van der Waals surface area contributed by atoms with E-state index in [0.717, 1.165) is 34.4 Å². The van der Waals surface area contributed by atoms with Gasteiger partial charge in [0.2, 0.25) is 0 Å². The number of carbonyl (C=O) groups is 1. The normalized spacial score (nSPS) is 14.5. The fourth-order valence-corrected chi connectivity index (χ4v) is 2.97. The molecule has 4 rings (SSSR count). The molecule has 0 amide bonds. The first-order chi connectivity index (χ1) is 11.2. The SMILES string of the molecule is O=C(O)c1ccc2c(c1)-c1ccc(C3=NNN=CC=C3)cc1C2. The molecule has 1 aliphatic carbocycles. The van der Waals surface area contributed by atoms with Gasteiger partial charge in [-0.2, -0.15) is 15.7 Å². The summed E-state index contributed by atoms with van der Waals surface area (Å²) >= 11 is 0. The topological polar surface area (TPSA) is 74.0 Å². The van der Waals surface area contributed by atoms with Crippen LogP contribution in [0.4, 0.5) is 0 Å². The van der Waals surface area contributed by atoms with E-state index in [0.29, 0.717) is 5.56 Å². The third kappa shape index (κ3) is 2.32. The number of hydrogen-bond donors (Lipinski definition) is 2. The molecular weight excluding hydrogens is 290 g/mol. The van der Waals surface area contributed by atoms with E-state index >= 15 is 0 Å². The van der Waals surface area contributed by atoms with Gasteiger partial charge in [-0.05, 0) is 59.0 Å². The number of nitrogens with zero attached hydrogens (tertiary/aromatic N) is 2. The average molecular weight is 303 g/mol. The summed E-state index contributed by atoms with van der Waals surface area (Å²) in [7, 11) is 0. The van der Waals surface area contributed by atoms with Crippen LogP contribution in [0.25, 0.3) is 11.1 Å². The molecule has 2 aliphatic rings. The van der Waals surface area contributed by atoms with Gasteiger partial charge in [-0.15, -0.1) is 0 Å². The van der Waals surface area contributed by atoms with Gasteiger partial charge in [-0.3, -0.25) is 0 Å². The maximum absolute atomic E-state index is 11.2. The second-order valence-electron chi connectivity index (χ2n) is 5.46. The van der Waals surface area contributed by atoms with Crippen molar-refractivity contribution in [1.29, 1.82) is 0 Å². The summed E-state index contributed by atoms with van der Waals surface area (Å²) in [6.45, 7) is 0. The zero-order valence-electron chi connectivity index (χ0n) is 12.2. The van der Waals surface area contributed by atoms with Crippen LogP contribution < -0.4 is 5.53 Å². The van der Waals surface area contributed by atoms with Crippen molar-refractivity contribution in [2.45, 2.75) is 6.42 Å². The van der Waals surface area contributed by atoms with Crippen LogP contribution in [-0.4, -0.2) is 23.0 Å². The fraction of sp³-hybridized carbons (Fsp3) is 0.0556. The second-order valence-corrected chi connectivity index (χ2v) is 5.46. The van der Waals surface area contributed by atoms with Crippen molar-refractivity contribution in [2.24, 2.45) is 10.2 Å². The lowest BCUT2D eigenvalue weighted by atomic mass is 10.00. The van der Waals surface area contributed by atoms with Crippen molar-refractivity contribution in [1.82, 2.24) is 5.53 Å². The van der Waals surface area contributed by atoms with E-state index in [4.69, 9.17) is 5.11 Å². The van der Waals surface area contributed by atoms with Gasteiger partial charge in [0.05, 0.1) is 11.3 Å². The Bertz CT molecular complexity index is 910. The summed E-state index contributed by atoms with van der Waals surface area (Å²) in [5, 5.41) is 17.2. The molecule has 0 saturated heterocycles. The average Bonchev–Trinajstić information content (AvgIpc) is 2.72. The van der Waals surface area contributed by atoms with E-state index in [1.54, 1.807) is 18.3 Å². The number of hydrazone groups is 2. The fourth-order valence-electron chi connectivity index (χ4n) is 2.97. The second kappa shape index (κ2) is 5.21. The van der Waals surface area contributed by atoms with Gasteiger partial charge < -0.3 is 5.11 Å². The first-order valence-corrected chi connectivity index (χ1v) is 7.25. The highest BCUT2D eigenvalue weighted by Crippen LogP contribution is 2.37. The molecule has 5 heteroatoms. The lowest BCUT2D eigenvalue weighted by molar-refractivity contribution is 0.0697. The minimum Gasteiger partial charge on any atom is -0.478 e. The first kappa shape index (κ1) is 13.5. The maximum atomic E-state index is 11.2. The first-order valence-electron chi connectivity index (χ1n) is 7.25. The number of benzene rings is 2. The third-order valence-electron chi connectivity index (χ3n) is 4.07. The highest BCUT2D eigenvalue weighted by molar-refractivity contribution is 6.10. The summed E-state index contributed by atoms with van der Waals surface area (Å²) in [6.07, 6.45) is 6.18. The Hall–Kier alpha value is -3.21. The van der Waals surface area contributed by atoms with Crippen LogP contribution in [0.1, 0.15) is 27.0 Å². The molecule has 0 radical (unpaired) electrons. The van der Waals surface area contributed by atoms with Gasteiger partial charge in [0.1, 0.15) is 0 Å². The Morgan fingerprint density at radius 3 is 2.87 bits per heavy atom. The molecule has 2 aromatic carbocycles. The van der Waals surface area contributed by atoms with Gasteiger partial charge in [0, 0.05) is 11.8 Å². The molecule has 1 heterocycles. The lowest BCUT2D eigenvalue weighted by Crippen LogP contribution is -2.03. The van der Waals surface area contributed by atoms with Gasteiger partial charge in [0.15, 0.2) is 0 Å². The predicted octanol–water partition coefficient (Wildman–Crippen LogP) is 2.81. The Morgan fingerprint density at radius 2 is 2.00 bits per heavy atom. The minimum absolute atomic E-state index is 0.318. The summed E-state index contributed by atoms with van der Waals surface area (Å²) in [4.78, 5) is 11.2. The van der Waals surface area contributed by atoms with E-state index in [2.05, 4.69) is 21.8 Å². The zero-order valence-corrected chi connectivity index (χ0v) is 12.2. The van der Waals surface area contributed by atoms with Crippen LogP contribution in [0.2, 0.25) is 0 Å². The van der Waals surface area contributed by atoms with Gasteiger partial charge >= 0.3 is 5.97 Å². The molecule has 1 aliphatic heterocycles. The summed E-state index contributed by atoms with van der Waals surface area (Å²) in [5.41, 5.74) is 9.20. The molecule has 112 valence electrons. The zero-order chi connectivity index (χ0) is 15.8. The van der Waals surface area contributed by atoms with Crippen molar-refractivity contribution < 1.29 is 9.90 Å². The van der Waals surface area contributed by atoms with E-state index in [-0.39, 0.29) is 0 Å². The molecular formula is C18H13N3O2. The lowest BCUT2D eigenvalue weighted by Gasteiger charge is -2.05. The standard InChI is InChI=1S/C18H13N3O2/c22-18(23)13-4-3-11-8-14-9-12(5-6-15(14)16(11)10-13)17-2-1-7-19-21-20-17/h1-7,9-10,21H,8H2,(H,22,23). The van der Waals surface area contributed by atoms with Crippen LogP contribution in [0.3, 0.4) is 0 Å². The number of rotatable bonds is 2. The van der Waals surface area contributed by atoms with Crippen molar-refractivity contribution >= 4 is 17.9 Å². The van der Waals surface area contributed by atoms with Gasteiger partial charge in [-0.25, -0.2) is 4.79 Å². The number of nitrogens with one attached hydrogen (secondary N) is 1. The molecule has 0 aromatic heterocycles.